The van der Waals surface area contributed by atoms with Gasteiger partial charge >= 0.3 is 0 Å². The van der Waals surface area contributed by atoms with Crippen molar-refractivity contribution in [1.29, 1.82) is 0 Å². The monoisotopic (exact) mass is 484 g/mol. The summed E-state index contributed by atoms with van der Waals surface area (Å²) in [6.45, 7) is 9.41. The average molecular weight is 485 g/mol. The van der Waals surface area contributed by atoms with Gasteiger partial charge in [0.05, 0.1) is 24.6 Å². The van der Waals surface area contributed by atoms with Crippen molar-refractivity contribution in [3.8, 4) is 0 Å². The zero-order chi connectivity index (χ0) is 17.9. The van der Waals surface area contributed by atoms with Gasteiger partial charge in [-0.25, -0.2) is 0 Å². The van der Waals surface area contributed by atoms with Crippen LogP contribution in [0.15, 0.2) is 0 Å². The van der Waals surface area contributed by atoms with Crippen molar-refractivity contribution >= 4 is 7.26 Å². The molecule has 0 saturated heterocycles. The van der Waals surface area contributed by atoms with E-state index in [9.17, 15) is 0 Å². The molecule has 25 heavy (non-hydrogen) atoms. The van der Waals surface area contributed by atoms with Gasteiger partial charge in [0.25, 0.3) is 0 Å². The summed E-state index contributed by atoms with van der Waals surface area (Å²) in [7, 11) is -0.641. The maximum atomic E-state index is 2.36. The molecule has 0 atom stereocenters. The lowest BCUT2D eigenvalue weighted by Crippen LogP contribution is -3.00. The van der Waals surface area contributed by atoms with E-state index < -0.39 is 7.26 Å². The van der Waals surface area contributed by atoms with Crippen molar-refractivity contribution in [2.24, 2.45) is 0 Å². The van der Waals surface area contributed by atoms with E-state index in [0.29, 0.717) is 0 Å². The van der Waals surface area contributed by atoms with Crippen molar-refractivity contribution in [3.63, 3.8) is 0 Å². The second kappa shape index (κ2) is 21.5. The summed E-state index contributed by atoms with van der Waals surface area (Å²) in [5, 5.41) is 0. The van der Waals surface area contributed by atoms with Crippen LogP contribution in [0, 0.1) is 0 Å². The quantitative estimate of drug-likeness (QED) is 0.121. The molecule has 2 heteroatoms. The first-order chi connectivity index (χ1) is 11.7. The van der Waals surface area contributed by atoms with Crippen molar-refractivity contribution in [2.75, 3.05) is 24.6 Å². The average Bonchev–Trinajstić information content (AvgIpc) is 2.58. The standard InChI is InChI=1S/C23H50P.HI/c1-5-9-13-14-15-19-23-24(20-16-10-6-2,21-17-11-7-3)22-18-12-8-4;/h5-23H2,1-4H3;1H/q+1;/p-1. The van der Waals surface area contributed by atoms with Crippen LogP contribution in [0.4, 0.5) is 0 Å². The summed E-state index contributed by atoms with van der Waals surface area (Å²) in [5.41, 5.74) is 0. The molecule has 0 saturated carbocycles. The normalized spacial score (nSPS) is 11.5. The molecule has 0 radical (unpaired) electrons. The third kappa shape index (κ3) is 17.0. The van der Waals surface area contributed by atoms with Crippen LogP contribution >= 0.6 is 7.26 Å². The van der Waals surface area contributed by atoms with Gasteiger partial charge in [-0.1, -0.05) is 91.9 Å². The molecule has 0 aliphatic heterocycles. The fraction of sp³-hybridized carbons (Fsp3) is 1.00. The molecule has 0 heterocycles. The first-order valence-electron chi connectivity index (χ1n) is 11.6. The topological polar surface area (TPSA) is 0 Å². The Hall–Kier alpha value is 1.16. The van der Waals surface area contributed by atoms with Crippen molar-refractivity contribution in [2.45, 2.75) is 124 Å². The van der Waals surface area contributed by atoms with Gasteiger partial charge in [0.2, 0.25) is 0 Å². The molecule has 0 amide bonds. The second-order valence-corrected chi connectivity index (χ2v) is 12.6. The van der Waals surface area contributed by atoms with Crippen LogP contribution in [0.1, 0.15) is 124 Å². The fourth-order valence-corrected chi connectivity index (χ4v) is 8.91. The zero-order valence-electron chi connectivity index (χ0n) is 18.3. The molecule has 0 aliphatic rings. The first-order valence-corrected chi connectivity index (χ1v) is 14.1. The highest BCUT2D eigenvalue weighted by molar-refractivity contribution is 7.75. The minimum absolute atomic E-state index is 0. The smallest absolute Gasteiger partial charge is 0.0594 e. The van der Waals surface area contributed by atoms with Gasteiger partial charge in [0, 0.05) is 7.26 Å². The van der Waals surface area contributed by atoms with E-state index in [4.69, 9.17) is 0 Å². The van der Waals surface area contributed by atoms with Gasteiger partial charge in [-0.3, -0.25) is 0 Å². The van der Waals surface area contributed by atoms with Gasteiger partial charge in [0.15, 0.2) is 0 Å². The number of halogens is 1. The van der Waals surface area contributed by atoms with Crippen LogP contribution in [0.2, 0.25) is 0 Å². The van der Waals surface area contributed by atoms with Crippen molar-refractivity contribution in [3.05, 3.63) is 0 Å². The highest BCUT2D eigenvalue weighted by atomic mass is 127. The summed E-state index contributed by atoms with van der Waals surface area (Å²) < 4.78 is 0. The van der Waals surface area contributed by atoms with E-state index in [0.717, 1.165) is 0 Å². The molecule has 154 valence electrons. The Bertz CT molecular complexity index is 216. The van der Waals surface area contributed by atoms with Crippen LogP contribution in [-0.4, -0.2) is 24.6 Å². The Morgan fingerprint density at radius 1 is 0.360 bits per heavy atom. The second-order valence-electron chi connectivity index (χ2n) is 8.13. The number of unbranched alkanes of at least 4 members (excludes halogenated alkanes) is 11. The largest absolute Gasteiger partial charge is 1.00 e. The van der Waals surface area contributed by atoms with Gasteiger partial charge in [-0.05, 0) is 32.1 Å². The molecule has 0 aromatic heterocycles. The molecule has 0 fully saturated rings. The van der Waals surface area contributed by atoms with E-state index in [2.05, 4.69) is 27.7 Å². The van der Waals surface area contributed by atoms with Gasteiger partial charge < -0.3 is 24.0 Å². The third-order valence-corrected chi connectivity index (χ3v) is 10.8. The number of rotatable bonds is 19. The Morgan fingerprint density at radius 2 is 0.600 bits per heavy atom. The maximum absolute atomic E-state index is 2.36. The minimum atomic E-state index is -0.641. The van der Waals surface area contributed by atoms with Crippen LogP contribution < -0.4 is 24.0 Å². The van der Waals surface area contributed by atoms with Crippen LogP contribution in [0.25, 0.3) is 0 Å². The Morgan fingerprint density at radius 3 is 0.960 bits per heavy atom. The fourth-order valence-electron chi connectivity index (χ4n) is 3.99. The van der Waals surface area contributed by atoms with Gasteiger partial charge in [-0.15, -0.1) is 0 Å². The predicted molar refractivity (Wildman–Crippen MR) is 118 cm³/mol. The minimum Gasteiger partial charge on any atom is -1.00 e. The molecule has 0 N–H and O–H groups in total. The first kappa shape index (κ1) is 28.4. The molecule has 0 nitrogen and oxygen atoms in total. The maximum Gasteiger partial charge on any atom is 0.0594 e. The van der Waals surface area contributed by atoms with E-state index >= 15 is 0 Å². The lowest BCUT2D eigenvalue weighted by atomic mass is 10.1. The molecular formula is C23H50IP. The van der Waals surface area contributed by atoms with Crippen LogP contribution in [-0.2, 0) is 0 Å². The van der Waals surface area contributed by atoms with Crippen LogP contribution in [0.3, 0.4) is 0 Å². The molecular weight excluding hydrogens is 434 g/mol. The van der Waals surface area contributed by atoms with E-state index in [1.807, 2.05) is 0 Å². The summed E-state index contributed by atoms with van der Waals surface area (Å²) >= 11 is 0. The summed E-state index contributed by atoms with van der Waals surface area (Å²) in [6, 6.07) is 0. The Balaban J connectivity index is 0. The predicted octanol–water partition coefficient (Wildman–Crippen LogP) is 5.94. The molecule has 0 unspecified atom stereocenters. The van der Waals surface area contributed by atoms with E-state index in [1.54, 1.807) is 31.1 Å². The highest BCUT2D eigenvalue weighted by Crippen LogP contribution is 2.61. The van der Waals surface area contributed by atoms with Crippen molar-refractivity contribution in [1.82, 2.24) is 0 Å². The lowest BCUT2D eigenvalue weighted by molar-refractivity contribution is -0.00000558. The van der Waals surface area contributed by atoms with Crippen LogP contribution in [0.5, 0.6) is 0 Å². The Kier molecular flexibility index (Phi) is 24.4. The lowest BCUT2D eigenvalue weighted by Gasteiger charge is -2.28. The highest BCUT2D eigenvalue weighted by Gasteiger charge is 2.34. The molecule has 0 rings (SSSR count). The van der Waals surface area contributed by atoms with Crippen molar-refractivity contribution < 1.29 is 24.0 Å². The van der Waals surface area contributed by atoms with E-state index in [1.165, 1.54) is 89.9 Å². The molecule has 0 aromatic rings. The number of hydrogen-bond acceptors (Lipinski definition) is 0. The summed E-state index contributed by atoms with van der Waals surface area (Å²) in [4.78, 5) is 0. The third-order valence-electron chi connectivity index (χ3n) is 5.69. The summed E-state index contributed by atoms with van der Waals surface area (Å²) in [6.07, 6.45) is 28.5. The SMILES string of the molecule is CCCCCCCC[P+](CCCCC)(CCCCC)CCCCC.[I-]. The van der Waals surface area contributed by atoms with E-state index in [-0.39, 0.29) is 24.0 Å². The number of hydrogen-bond donors (Lipinski definition) is 0. The molecule has 0 bridgehead atoms. The molecule has 0 aromatic carbocycles. The molecule has 0 spiro atoms. The van der Waals surface area contributed by atoms with Gasteiger partial charge in [-0.2, -0.15) is 0 Å². The zero-order valence-corrected chi connectivity index (χ0v) is 21.3. The summed E-state index contributed by atoms with van der Waals surface area (Å²) in [5.74, 6) is 0. The molecule has 0 aliphatic carbocycles. The Labute approximate surface area is 179 Å². The van der Waals surface area contributed by atoms with Gasteiger partial charge in [0.1, 0.15) is 0 Å².